The molecule has 5 rings (SSSR count). The molecule has 206 valence electrons. The SMILES string of the molecule is [O-][N+]1=C[C@H](OCc2ccccc2)[C@@H](OCc2ccccc2)[C@H](OCc2ccccc2)[C@@H]1COCc1ccccc1. The van der Waals surface area contributed by atoms with Crippen molar-refractivity contribution in [2.24, 2.45) is 0 Å². The molecular formula is C34H35NO5. The quantitative estimate of drug-likeness (QED) is 0.156. The Bertz CT molecular complexity index is 1300. The van der Waals surface area contributed by atoms with E-state index in [1.807, 2.05) is 121 Å². The van der Waals surface area contributed by atoms with E-state index in [1.165, 1.54) is 0 Å². The second-order valence-electron chi connectivity index (χ2n) is 9.86. The number of benzene rings is 4. The molecule has 0 unspecified atom stereocenters. The zero-order chi connectivity index (χ0) is 27.4. The lowest BCUT2D eigenvalue weighted by atomic mass is 9.97. The van der Waals surface area contributed by atoms with Crippen molar-refractivity contribution in [3.05, 3.63) is 149 Å². The first kappa shape index (κ1) is 27.7. The molecule has 0 aliphatic carbocycles. The van der Waals surface area contributed by atoms with Gasteiger partial charge in [0, 0.05) is 0 Å². The van der Waals surface area contributed by atoms with Gasteiger partial charge in [-0.1, -0.05) is 121 Å². The van der Waals surface area contributed by atoms with E-state index in [0.717, 1.165) is 27.0 Å². The van der Waals surface area contributed by atoms with Crippen LogP contribution in [-0.4, -0.2) is 41.9 Å². The molecular weight excluding hydrogens is 502 g/mol. The van der Waals surface area contributed by atoms with E-state index >= 15 is 0 Å². The summed E-state index contributed by atoms with van der Waals surface area (Å²) in [4.78, 5) is 0. The fourth-order valence-corrected chi connectivity index (χ4v) is 4.76. The molecule has 0 aromatic heterocycles. The molecule has 0 bridgehead atoms. The number of hydrogen-bond acceptors (Lipinski definition) is 5. The molecule has 0 N–H and O–H groups in total. The van der Waals surface area contributed by atoms with Gasteiger partial charge in [0.15, 0.2) is 18.4 Å². The molecule has 0 saturated heterocycles. The average molecular weight is 538 g/mol. The fraction of sp³-hybridized carbons (Fsp3) is 0.265. The lowest BCUT2D eigenvalue weighted by Crippen LogP contribution is -2.58. The summed E-state index contributed by atoms with van der Waals surface area (Å²) in [6.45, 7) is 1.64. The highest BCUT2D eigenvalue weighted by Crippen LogP contribution is 2.25. The predicted molar refractivity (Wildman–Crippen MR) is 155 cm³/mol. The Morgan fingerprint density at radius 2 is 0.900 bits per heavy atom. The third-order valence-electron chi connectivity index (χ3n) is 6.90. The zero-order valence-corrected chi connectivity index (χ0v) is 22.5. The van der Waals surface area contributed by atoms with Crippen LogP contribution in [0.1, 0.15) is 22.3 Å². The molecule has 0 fully saturated rings. The van der Waals surface area contributed by atoms with Gasteiger partial charge in [-0.05, 0) is 22.3 Å². The van der Waals surface area contributed by atoms with Crippen LogP contribution >= 0.6 is 0 Å². The van der Waals surface area contributed by atoms with E-state index in [0.29, 0.717) is 26.4 Å². The molecule has 6 nitrogen and oxygen atoms in total. The van der Waals surface area contributed by atoms with Crippen LogP contribution in [-0.2, 0) is 45.4 Å². The van der Waals surface area contributed by atoms with Crippen molar-refractivity contribution in [1.82, 2.24) is 0 Å². The van der Waals surface area contributed by atoms with Crippen molar-refractivity contribution in [2.75, 3.05) is 6.61 Å². The van der Waals surface area contributed by atoms with E-state index in [-0.39, 0.29) is 6.61 Å². The van der Waals surface area contributed by atoms with Gasteiger partial charge in [0.1, 0.15) is 12.7 Å². The van der Waals surface area contributed by atoms with Crippen molar-refractivity contribution in [1.29, 1.82) is 0 Å². The number of nitrogens with zero attached hydrogens (tertiary/aromatic N) is 1. The summed E-state index contributed by atoms with van der Waals surface area (Å²) in [5.41, 5.74) is 4.11. The summed E-state index contributed by atoms with van der Waals surface area (Å²) in [6, 6.07) is 39.2. The van der Waals surface area contributed by atoms with Crippen LogP contribution in [0.3, 0.4) is 0 Å². The topological polar surface area (TPSA) is 63.0 Å². The average Bonchev–Trinajstić information content (AvgIpc) is 3.01. The Hall–Kier alpha value is -3.81. The Morgan fingerprint density at radius 3 is 1.38 bits per heavy atom. The van der Waals surface area contributed by atoms with E-state index < -0.39 is 24.4 Å². The van der Waals surface area contributed by atoms with Crippen LogP contribution in [0, 0.1) is 5.21 Å². The second-order valence-corrected chi connectivity index (χ2v) is 9.86. The zero-order valence-electron chi connectivity index (χ0n) is 22.5. The number of hydrogen-bond donors (Lipinski definition) is 0. The van der Waals surface area contributed by atoms with Gasteiger partial charge in [-0.15, -0.1) is 0 Å². The maximum atomic E-state index is 13.5. The summed E-state index contributed by atoms with van der Waals surface area (Å²) in [6.07, 6.45) is -0.156. The molecule has 1 aliphatic heterocycles. The van der Waals surface area contributed by atoms with E-state index in [9.17, 15) is 5.21 Å². The minimum absolute atomic E-state index is 0.185. The molecule has 1 heterocycles. The first-order valence-electron chi connectivity index (χ1n) is 13.6. The van der Waals surface area contributed by atoms with Gasteiger partial charge in [-0.25, -0.2) is 4.74 Å². The van der Waals surface area contributed by atoms with Gasteiger partial charge < -0.3 is 24.2 Å². The van der Waals surface area contributed by atoms with Crippen molar-refractivity contribution in [3.63, 3.8) is 0 Å². The monoisotopic (exact) mass is 537 g/mol. The van der Waals surface area contributed by atoms with Gasteiger partial charge >= 0.3 is 0 Å². The van der Waals surface area contributed by atoms with Gasteiger partial charge in [0.05, 0.1) is 26.4 Å². The van der Waals surface area contributed by atoms with E-state index in [2.05, 4.69) is 0 Å². The summed E-state index contributed by atoms with van der Waals surface area (Å²) in [5.74, 6) is 0. The summed E-state index contributed by atoms with van der Waals surface area (Å²) < 4.78 is 26.3. The van der Waals surface area contributed by atoms with Crippen LogP contribution in [0.4, 0.5) is 0 Å². The maximum Gasteiger partial charge on any atom is 0.214 e. The third-order valence-corrected chi connectivity index (χ3v) is 6.90. The second kappa shape index (κ2) is 14.5. The normalized spacial score (nSPS) is 20.6. The molecule has 4 aromatic rings. The highest BCUT2D eigenvalue weighted by Gasteiger charge is 2.46. The third kappa shape index (κ3) is 7.87. The van der Waals surface area contributed by atoms with E-state index in [1.54, 1.807) is 6.21 Å². The first-order valence-corrected chi connectivity index (χ1v) is 13.6. The lowest BCUT2D eigenvalue weighted by molar-refractivity contribution is -0.531. The summed E-state index contributed by atoms with van der Waals surface area (Å²) >= 11 is 0. The van der Waals surface area contributed by atoms with Crippen LogP contribution in [0.15, 0.2) is 121 Å². The Balaban J connectivity index is 1.38. The summed E-state index contributed by atoms with van der Waals surface area (Å²) in [5, 5.41) is 13.5. The maximum absolute atomic E-state index is 13.5. The Morgan fingerprint density at radius 1 is 0.500 bits per heavy atom. The fourth-order valence-electron chi connectivity index (χ4n) is 4.76. The van der Waals surface area contributed by atoms with Crippen LogP contribution in [0.2, 0.25) is 0 Å². The van der Waals surface area contributed by atoms with Crippen molar-refractivity contribution in [3.8, 4) is 0 Å². The molecule has 4 aromatic carbocycles. The number of rotatable bonds is 13. The Kier molecular flexibility index (Phi) is 10.1. The molecule has 0 saturated carbocycles. The van der Waals surface area contributed by atoms with Crippen LogP contribution in [0.5, 0.6) is 0 Å². The summed E-state index contributed by atoms with van der Waals surface area (Å²) in [7, 11) is 0. The highest BCUT2D eigenvalue weighted by molar-refractivity contribution is 5.60. The van der Waals surface area contributed by atoms with Gasteiger partial charge in [0.25, 0.3) is 0 Å². The smallest absolute Gasteiger partial charge is 0.214 e. The van der Waals surface area contributed by atoms with Crippen molar-refractivity contribution in [2.45, 2.75) is 50.8 Å². The first-order chi connectivity index (χ1) is 19.8. The van der Waals surface area contributed by atoms with Gasteiger partial charge in [0.2, 0.25) is 6.04 Å². The molecule has 6 heteroatoms. The largest absolute Gasteiger partial charge is 0.624 e. The minimum atomic E-state index is -0.607. The molecule has 1 aliphatic rings. The standard InChI is InChI=1S/C34H35NO5/c36-35-21-32(38-23-28-15-7-2-8-16-28)34(40-25-30-19-11-4-12-20-30)33(39-24-29-17-9-3-10-18-29)31(35)26-37-22-27-13-5-1-6-14-27/h1-21,31-34H,22-26H2/t31-,32-,33+,34+/m0/s1. The highest BCUT2D eigenvalue weighted by atomic mass is 16.6. The number of hydroxylamine groups is 1. The van der Waals surface area contributed by atoms with Crippen LogP contribution < -0.4 is 0 Å². The van der Waals surface area contributed by atoms with Gasteiger partial charge in [-0.2, -0.15) is 0 Å². The Labute approximate surface area is 236 Å². The van der Waals surface area contributed by atoms with Crippen molar-refractivity contribution >= 4 is 6.21 Å². The van der Waals surface area contributed by atoms with Gasteiger partial charge in [-0.3, -0.25) is 0 Å². The minimum Gasteiger partial charge on any atom is -0.624 e. The predicted octanol–water partition coefficient (Wildman–Crippen LogP) is 5.92. The van der Waals surface area contributed by atoms with Crippen molar-refractivity contribution < 1.29 is 23.7 Å². The van der Waals surface area contributed by atoms with E-state index in [4.69, 9.17) is 18.9 Å². The molecule has 0 spiro atoms. The molecule has 0 amide bonds. The van der Waals surface area contributed by atoms with Crippen LogP contribution in [0.25, 0.3) is 0 Å². The molecule has 4 atom stereocenters. The lowest BCUT2D eigenvalue weighted by Gasteiger charge is -2.38. The molecule has 0 radical (unpaired) electrons. The molecule has 40 heavy (non-hydrogen) atoms. The number of ether oxygens (including phenoxy) is 4.